The Kier molecular flexibility index (Phi) is 6.73. The summed E-state index contributed by atoms with van der Waals surface area (Å²) in [5.41, 5.74) is 0.958. The highest BCUT2D eigenvalue weighted by atomic mass is 35.5. The van der Waals surface area contributed by atoms with Crippen LogP contribution in [0.25, 0.3) is 0 Å². The minimum absolute atomic E-state index is 0.171. The van der Waals surface area contributed by atoms with Gasteiger partial charge >= 0.3 is 6.09 Å². The molecule has 0 N–H and O–H groups in total. The fraction of sp³-hybridized carbons (Fsp3) is 0.632. The van der Waals surface area contributed by atoms with Crippen molar-refractivity contribution < 1.29 is 13.9 Å². The number of hydrogen-bond acceptors (Lipinski definition) is 4. The van der Waals surface area contributed by atoms with E-state index < -0.39 is 0 Å². The molecule has 1 aromatic rings. The Balaban J connectivity index is 1.51. The predicted octanol–water partition coefficient (Wildman–Crippen LogP) is 3.22. The van der Waals surface area contributed by atoms with Gasteiger partial charge in [-0.15, -0.1) is 0 Å². The van der Waals surface area contributed by atoms with Gasteiger partial charge in [-0.1, -0.05) is 17.7 Å². The van der Waals surface area contributed by atoms with Crippen LogP contribution in [0.5, 0.6) is 0 Å². The molecule has 0 aliphatic carbocycles. The summed E-state index contributed by atoms with van der Waals surface area (Å²) >= 11 is 5.77. The number of benzene rings is 1. The summed E-state index contributed by atoms with van der Waals surface area (Å²) in [5, 5.41) is 0.171. The van der Waals surface area contributed by atoms with Crippen molar-refractivity contribution in [1.82, 2.24) is 14.7 Å². The molecule has 0 aromatic heterocycles. The fourth-order valence-electron chi connectivity index (χ4n) is 3.85. The number of piperidine rings is 1. The number of piperazine rings is 1. The Bertz CT molecular complexity index is 623. The number of halogens is 2. The van der Waals surface area contributed by atoms with E-state index in [1.165, 1.54) is 12.5 Å². The highest BCUT2D eigenvalue weighted by molar-refractivity contribution is 6.30. The number of likely N-dealkylation sites (tertiary alicyclic amines) is 1. The first-order valence-corrected chi connectivity index (χ1v) is 9.76. The highest BCUT2D eigenvalue weighted by Gasteiger charge is 2.29. The van der Waals surface area contributed by atoms with Crippen LogP contribution in [-0.2, 0) is 11.3 Å². The van der Waals surface area contributed by atoms with Gasteiger partial charge < -0.3 is 9.64 Å². The van der Waals surface area contributed by atoms with Crippen LogP contribution in [0.15, 0.2) is 18.2 Å². The molecule has 2 saturated heterocycles. The average molecular weight is 384 g/mol. The molecule has 3 rings (SSSR count). The second-order valence-electron chi connectivity index (χ2n) is 7.00. The van der Waals surface area contributed by atoms with Gasteiger partial charge in [-0.3, -0.25) is 9.80 Å². The quantitative estimate of drug-likeness (QED) is 0.799. The molecule has 1 aromatic carbocycles. The smallest absolute Gasteiger partial charge is 0.409 e. The van der Waals surface area contributed by atoms with Crippen molar-refractivity contribution in [3.63, 3.8) is 0 Å². The lowest BCUT2D eigenvalue weighted by atomic mass is 10.0. The monoisotopic (exact) mass is 383 g/mol. The Labute approximate surface area is 159 Å². The predicted molar refractivity (Wildman–Crippen MR) is 99.9 cm³/mol. The molecule has 0 unspecified atom stereocenters. The molecule has 0 bridgehead atoms. The number of nitrogens with zero attached hydrogens (tertiary/aromatic N) is 3. The van der Waals surface area contributed by atoms with Gasteiger partial charge in [0, 0.05) is 45.3 Å². The number of ether oxygens (including phenoxy) is 1. The third-order valence-corrected chi connectivity index (χ3v) is 5.53. The largest absolute Gasteiger partial charge is 0.450 e. The van der Waals surface area contributed by atoms with Crippen LogP contribution in [0, 0.1) is 5.82 Å². The molecule has 2 aliphatic rings. The van der Waals surface area contributed by atoms with Gasteiger partial charge in [-0.05, 0) is 44.0 Å². The average Bonchev–Trinajstić information content (AvgIpc) is 2.65. The Morgan fingerprint density at radius 3 is 2.73 bits per heavy atom. The maximum atomic E-state index is 13.7. The molecule has 26 heavy (non-hydrogen) atoms. The van der Waals surface area contributed by atoms with Gasteiger partial charge in [-0.25, -0.2) is 9.18 Å². The number of hydrogen-bond donors (Lipinski definition) is 0. The van der Waals surface area contributed by atoms with Crippen LogP contribution < -0.4 is 0 Å². The van der Waals surface area contributed by atoms with Crippen molar-refractivity contribution in [3.05, 3.63) is 34.6 Å². The van der Waals surface area contributed by atoms with E-state index in [1.54, 1.807) is 11.0 Å². The summed E-state index contributed by atoms with van der Waals surface area (Å²) in [5.74, 6) is -0.354. The van der Waals surface area contributed by atoms with Gasteiger partial charge in [0.1, 0.15) is 5.82 Å². The molecule has 144 valence electrons. The lowest BCUT2D eigenvalue weighted by molar-refractivity contribution is 0.0412. The van der Waals surface area contributed by atoms with Crippen LogP contribution in [0.2, 0.25) is 5.02 Å². The van der Waals surface area contributed by atoms with E-state index in [0.29, 0.717) is 12.6 Å². The topological polar surface area (TPSA) is 36.0 Å². The zero-order valence-electron chi connectivity index (χ0n) is 15.3. The van der Waals surface area contributed by atoms with E-state index in [1.807, 2.05) is 13.0 Å². The summed E-state index contributed by atoms with van der Waals surface area (Å²) in [6.07, 6.45) is 2.10. The van der Waals surface area contributed by atoms with Crippen LogP contribution >= 0.6 is 11.6 Å². The molecule has 2 aliphatic heterocycles. The van der Waals surface area contributed by atoms with E-state index in [9.17, 15) is 9.18 Å². The normalized spacial score (nSPS) is 22.4. The number of rotatable bonds is 4. The third-order valence-electron chi connectivity index (χ3n) is 5.23. The molecule has 0 radical (unpaired) electrons. The van der Waals surface area contributed by atoms with Gasteiger partial charge in [0.25, 0.3) is 0 Å². The van der Waals surface area contributed by atoms with Crippen molar-refractivity contribution in [3.8, 4) is 0 Å². The minimum atomic E-state index is -0.354. The van der Waals surface area contributed by atoms with Gasteiger partial charge in [0.05, 0.1) is 11.6 Å². The lowest BCUT2D eigenvalue weighted by Gasteiger charge is -2.43. The Morgan fingerprint density at radius 1 is 1.27 bits per heavy atom. The second-order valence-corrected chi connectivity index (χ2v) is 7.41. The summed E-state index contributed by atoms with van der Waals surface area (Å²) in [6.45, 7) is 8.20. The molecular weight excluding hydrogens is 357 g/mol. The van der Waals surface area contributed by atoms with Crippen molar-refractivity contribution in [1.29, 1.82) is 0 Å². The minimum Gasteiger partial charge on any atom is -0.450 e. The molecule has 2 heterocycles. The first-order valence-electron chi connectivity index (χ1n) is 9.39. The maximum Gasteiger partial charge on any atom is 0.409 e. The molecule has 2 fully saturated rings. The van der Waals surface area contributed by atoms with Crippen LogP contribution in [0.4, 0.5) is 9.18 Å². The Hall–Kier alpha value is -1.37. The summed E-state index contributed by atoms with van der Waals surface area (Å²) in [4.78, 5) is 18.5. The summed E-state index contributed by atoms with van der Waals surface area (Å²) in [7, 11) is 0. The molecule has 1 atom stereocenters. The number of amides is 1. The molecule has 1 amide bonds. The maximum absolute atomic E-state index is 13.7. The SMILES string of the molecule is CCOC(=O)N1CCN([C@H]2CCCN(Cc3ccc(Cl)c(F)c3)C2)CC1. The molecular formula is C19H27ClFN3O2. The molecule has 0 spiro atoms. The lowest BCUT2D eigenvalue weighted by Crippen LogP contribution is -2.55. The van der Waals surface area contributed by atoms with Crippen LogP contribution in [0.3, 0.4) is 0 Å². The zero-order chi connectivity index (χ0) is 18.5. The molecule has 5 nitrogen and oxygen atoms in total. The van der Waals surface area contributed by atoms with E-state index >= 15 is 0 Å². The fourth-order valence-corrected chi connectivity index (χ4v) is 3.97. The first kappa shape index (κ1) is 19.4. The highest BCUT2D eigenvalue weighted by Crippen LogP contribution is 2.21. The molecule has 7 heteroatoms. The standard InChI is InChI=1S/C19H27ClFN3O2/c1-2-26-19(25)24-10-8-23(9-11-24)16-4-3-7-22(14-16)13-15-5-6-17(20)18(21)12-15/h5-6,12,16H,2-4,7-11,13-14H2,1H3/t16-/m0/s1. The van der Waals surface area contributed by atoms with Crippen LogP contribution in [-0.4, -0.2) is 72.7 Å². The van der Waals surface area contributed by atoms with Gasteiger partial charge in [0.15, 0.2) is 0 Å². The zero-order valence-corrected chi connectivity index (χ0v) is 16.1. The first-order chi connectivity index (χ1) is 12.6. The van der Waals surface area contributed by atoms with Gasteiger partial charge in [-0.2, -0.15) is 0 Å². The van der Waals surface area contributed by atoms with Crippen molar-refractivity contribution in [2.75, 3.05) is 45.9 Å². The number of carbonyl (C=O) groups excluding carboxylic acids is 1. The van der Waals surface area contributed by atoms with Crippen LogP contribution in [0.1, 0.15) is 25.3 Å². The second kappa shape index (κ2) is 9.02. The van der Waals surface area contributed by atoms with E-state index in [-0.39, 0.29) is 16.9 Å². The van der Waals surface area contributed by atoms with Crippen molar-refractivity contribution in [2.24, 2.45) is 0 Å². The summed E-state index contributed by atoms with van der Waals surface area (Å²) in [6, 6.07) is 5.55. The third kappa shape index (κ3) is 4.87. The van der Waals surface area contributed by atoms with E-state index in [4.69, 9.17) is 16.3 Å². The number of carbonyl (C=O) groups is 1. The van der Waals surface area contributed by atoms with E-state index in [2.05, 4.69) is 9.80 Å². The van der Waals surface area contributed by atoms with Crippen molar-refractivity contribution in [2.45, 2.75) is 32.4 Å². The van der Waals surface area contributed by atoms with Gasteiger partial charge in [0.2, 0.25) is 0 Å². The van der Waals surface area contributed by atoms with Crippen molar-refractivity contribution >= 4 is 17.7 Å². The summed E-state index contributed by atoms with van der Waals surface area (Å²) < 4.78 is 18.7. The Morgan fingerprint density at radius 2 is 2.04 bits per heavy atom. The molecule has 0 saturated carbocycles. The van der Waals surface area contributed by atoms with E-state index in [0.717, 1.165) is 57.8 Å².